The molecule has 1 aromatic rings. The minimum Gasteiger partial charge on any atom is -0.393 e. The Morgan fingerprint density at radius 3 is 2.25 bits per heavy atom. The van der Waals surface area contributed by atoms with Gasteiger partial charge in [0.25, 0.3) is 10.0 Å². The van der Waals surface area contributed by atoms with Crippen LogP contribution in [0.15, 0.2) is 29.2 Å². The summed E-state index contributed by atoms with van der Waals surface area (Å²) in [5.41, 5.74) is 1.29. The van der Waals surface area contributed by atoms with Crippen molar-refractivity contribution in [2.75, 3.05) is 6.54 Å². The first-order chi connectivity index (χ1) is 20.5. The maximum Gasteiger partial charge on any atom is 0.328 e. The quantitative estimate of drug-likeness (QED) is 0.270. The summed E-state index contributed by atoms with van der Waals surface area (Å²) >= 11 is 0. The van der Waals surface area contributed by atoms with Crippen LogP contribution in [-0.2, 0) is 15.4 Å². The highest BCUT2D eigenvalue weighted by molar-refractivity contribution is 7.90. The summed E-state index contributed by atoms with van der Waals surface area (Å²) in [4.78, 5) is 12.7. The highest BCUT2D eigenvalue weighted by atomic mass is 32.2. The molecule has 0 aromatic heterocycles. The second-order valence-electron chi connectivity index (χ2n) is 16.5. The van der Waals surface area contributed by atoms with Gasteiger partial charge in [0, 0.05) is 6.54 Å². The molecule has 4 N–H and O–H groups in total. The number of benzene rings is 1. The molecular formula is C36H58N2O5S. The van der Waals surface area contributed by atoms with Crippen molar-refractivity contribution in [1.29, 1.82) is 0 Å². The van der Waals surface area contributed by atoms with E-state index in [1.807, 2.05) is 0 Å². The first-order valence-electron chi connectivity index (χ1n) is 17.3. The highest BCUT2D eigenvalue weighted by Crippen LogP contribution is 2.69. The fourth-order valence-corrected chi connectivity index (χ4v) is 11.8. The molecule has 8 heteroatoms. The maximum atomic E-state index is 12.8. The van der Waals surface area contributed by atoms with E-state index in [0.717, 1.165) is 56.9 Å². The van der Waals surface area contributed by atoms with Gasteiger partial charge in [0.05, 0.1) is 17.1 Å². The van der Waals surface area contributed by atoms with Crippen molar-refractivity contribution < 1.29 is 23.4 Å². The van der Waals surface area contributed by atoms with E-state index in [-0.39, 0.29) is 39.3 Å². The van der Waals surface area contributed by atoms with Crippen LogP contribution in [0.1, 0.15) is 112 Å². The number of carbonyl (C=O) groups excluding carboxylic acids is 1. The Kier molecular flexibility index (Phi) is 9.34. The number of nitrogens with one attached hydrogen (secondary N) is 2. The summed E-state index contributed by atoms with van der Waals surface area (Å²) in [5.74, 6) is 2.87. The van der Waals surface area contributed by atoms with Crippen molar-refractivity contribution in [1.82, 2.24) is 10.0 Å². The van der Waals surface area contributed by atoms with E-state index in [2.05, 4.69) is 58.5 Å². The molecule has 7 nitrogen and oxygen atoms in total. The van der Waals surface area contributed by atoms with E-state index >= 15 is 0 Å². The lowest BCUT2D eigenvalue weighted by atomic mass is 9.41. The Morgan fingerprint density at radius 1 is 0.977 bits per heavy atom. The monoisotopic (exact) mass is 630 g/mol. The second-order valence-corrected chi connectivity index (χ2v) is 18.2. The summed E-state index contributed by atoms with van der Waals surface area (Å²) in [5, 5.41) is 25.3. The molecule has 248 valence electrons. The van der Waals surface area contributed by atoms with Crippen molar-refractivity contribution in [3.63, 3.8) is 0 Å². The molecule has 0 aliphatic heterocycles. The van der Waals surface area contributed by atoms with Gasteiger partial charge in [-0.25, -0.2) is 17.9 Å². The van der Waals surface area contributed by atoms with Gasteiger partial charge < -0.3 is 15.5 Å². The average Bonchev–Trinajstić information content (AvgIpc) is 3.30. The van der Waals surface area contributed by atoms with Crippen LogP contribution in [0.4, 0.5) is 4.79 Å². The number of fused-ring (bicyclic) bond motifs is 5. The standard InChI is InChI=1S/C36H58N2O5S/c1-8-26-30-21-24(39)15-18-36(30,7)29-16-19-35(6)27(13-14-28(35)31(29)32(26)40)22(2)17-20-37-33(41)38-44(42,43)25-11-9-23(10-12-25)34(3,4)5/h9-12,22,24,26-32,39-40H,8,13-21H2,1-7H3,(H2,37,38,41)/t22-,24-,26-,27-,28+,29+,30+,31+,32-,35-,36-/m1/s1. The van der Waals surface area contributed by atoms with Gasteiger partial charge in [-0.2, -0.15) is 0 Å². The Balaban J connectivity index is 1.19. The minimum atomic E-state index is -3.95. The van der Waals surface area contributed by atoms with Gasteiger partial charge in [-0.15, -0.1) is 0 Å². The van der Waals surface area contributed by atoms with Gasteiger partial charge in [0.15, 0.2) is 0 Å². The fourth-order valence-electron chi connectivity index (χ4n) is 10.9. The van der Waals surface area contributed by atoms with E-state index < -0.39 is 16.1 Å². The molecule has 0 saturated heterocycles. The molecule has 4 saturated carbocycles. The third-order valence-electron chi connectivity index (χ3n) is 13.3. The number of rotatable bonds is 7. The highest BCUT2D eigenvalue weighted by Gasteiger charge is 2.64. The van der Waals surface area contributed by atoms with Crippen LogP contribution in [0.5, 0.6) is 0 Å². The number of hydrogen-bond donors (Lipinski definition) is 4. The molecule has 0 bridgehead atoms. The molecule has 11 atom stereocenters. The predicted octanol–water partition coefficient (Wildman–Crippen LogP) is 6.62. The fraction of sp³-hybridized carbons (Fsp3) is 0.806. The van der Waals surface area contributed by atoms with Crippen molar-refractivity contribution in [2.24, 2.45) is 52.3 Å². The third-order valence-corrected chi connectivity index (χ3v) is 14.6. The molecule has 0 spiro atoms. The summed E-state index contributed by atoms with van der Waals surface area (Å²) in [6, 6.07) is 6.00. The van der Waals surface area contributed by atoms with E-state index in [4.69, 9.17) is 0 Å². The molecule has 4 aliphatic rings. The molecule has 5 rings (SSSR count). The predicted molar refractivity (Wildman–Crippen MR) is 174 cm³/mol. The molecular weight excluding hydrogens is 572 g/mol. The first-order valence-corrected chi connectivity index (χ1v) is 18.8. The van der Waals surface area contributed by atoms with Crippen LogP contribution < -0.4 is 10.0 Å². The number of urea groups is 1. The van der Waals surface area contributed by atoms with Crippen molar-refractivity contribution in [2.45, 2.75) is 129 Å². The van der Waals surface area contributed by atoms with Crippen LogP contribution in [0.3, 0.4) is 0 Å². The topological polar surface area (TPSA) is 116 Å². The smallest absolute Gasteiger partial charge is 0.328 e. The zero-order chi connectivity index (χ0) is 32.2. The van der Waals surface area contributed by atoms with Crippen molar-refractivity contribution in [3.8, 4) is 0 Å². The number of aliphatic hydroxyl groups excluding tert-OH is 2. The Morgan fingerprint density at radius 2 is 1.61 bits per heavy atom. The second kappa shape index (κ2) is 12.2. The van der Waals surface area contributed by atoms with E-state index in [1.165, 1.54) is 6.42 Å². The van der Waals surface area contributed by atoms with Crippen LogP contribution in [0, 0.1) is 52.3 Å². The number of aliphatic hydroxyl groups is 2. The van der Waals surface area contributed by atoms with Gasteiger partial charge >= 0.3 is 6.03 Å². The molecule has 0 heterocycles. The van der Waals surface area contributed by atoms with Gasteiger partial charge in [-0.05, 0) is 127 Å². The van der Waals surface area contributed by atoms with Gasteiger partial charge in [-0.1, -0.05) is 67.0 Å². The lowest BCUT2D eigenvalue weighted by molar-refractivity contribution is -0.203. The molecule has 0 unspecified atom stereocenters. The van der Waals surface area contributed by atoms with Crippen LogP contribution in [0.25, 0.3) is 0 Å². The molecule has 2 amide bonds. The lowest BCUT2D eigenvalue weighted by Gasteiger charge is -2.64. The number of carbonyl (C=O) groups is 1. The SMILES string of the molecule is CC[C@H]1[C@@H](O)[C@@H]2[C@H](CC[C@]3(C)[C@@H]([C@H](C)CCNC(=O)NS(=O)(=O)c4ccc(C(C)(C)C)cc4)CC[C@@H]23)[C@@]2(C)CC[C@@H](O)C[C@@H]12. The molecule has 44 heavy (non-hydrogen) atoms. The molecule has 4 fully saturated rings. The van der Waals surface area contributed by atoms with Crippen LogP contribution in [-0.4, -0.2) is 43.4 Å². The minimum absolute atomic E-state index is 0.0781. The lowest BCUT2D eigenvalue weighted by Crippen LogP contribution is -2.62. The largest absolute Gasteiger partial charge is 0.393 e. The van der Waals surface area contributed by atoms with Crippen molar-refractivity contribution in [3.05, 3.63) is 29.8 Å². The molecule has 1 aromatic carbocycles. The van der Waals surface area contributed by atoms with Crippen LogP contribution in [0.2, 0.25) is 0 Å². The third kappa shape index (κ3) is 5.97. The summed E-state index contributed by atoms with van der Waals surface area (Å²) < 4.78 is 27.8. The Labute approximate surface area is 266 Å². The van der Waals surface area contributed by atoms with Gasteiger partial charge in [0.1, 0.15) is 0 Å². The zero-order valence-electron chi connectivity index (χ0n) is 28.1. The number of sulfonamides is 1. The Bertz CT molecular complexity index is 1290. The van der Waals surface area contributed by atoms with E-state index in [1.54, 1.807) is 24.3 Å². The van der Waals surface area contributed by atoms with E-state index in [0.29, 0.717) is 42.1 Å². The average molecular weight is 631 g/mol. The van der Waals surface area contributed by atoms with Gasteiger partial charge in [0.2, 0.25) is 0 Å². The number of hydrogen-bond acceptors (Lipinski definition) is 5. The summed E-state index contributed by atoms with van der Waals surface area (Å²) in [6.07, 6.45) is 8.60. The normalized spacial score (nSPS) is 39.5. The van der Waals surface area contributed by atoms with Crippen molar-refractivity contribution >= 4 is 16.1 Å². The van der Waals surface area contributed by atoms with Gasteiger partial charge in [-0.3, -0.25) is 0 Å². The molecule has 4 aliphatic carbocycles. The number of amides is 2. The maximum absolute atomic E-state index is 12.8. The van der Waals surface area contributed by atoms with E-state index in [9.17, 15) is 23.4 Å². The summed E-state index contributed by atoms with van der Waals surface area (Å²) in [6.45, 7) is 16.1. The van der Waals surface area contributed by atoms with Crippen LogP contribution >= 0.6 is 0 Å². The molecule has 0 radical (unpaired) electrons. The zero-order valence-corrected chi connectivity index (χ0v) is 28.9. The Hall–Kier alpha value is -1.64. The first kappa shape index (κ1) is 33.7. The summed E-state index contributed by atoms with van der Waals surface area (Å²) in [7, 11) is -3.95.